The van der Waals surface area contributed by atoms with Gasteiger partial charge in [-0.15, -0.1) is 0 Å². The maximum atomic E-state index is 12.4. The van der Waals surface area contributed by atoms with Crippen LogP contribution in [0.25, 0.3) is 0 Å². The fourth-order valence-corrected chi connectivity index (χ4v) is 3.06. The minimum Gasteiger partial charge on any atom is -0.508 e. The van der Waals surface area contributed by atoms with Crippen molar-refractivity contribution in [2.75, 3.05) is 0 Å². The zero-order valence-electron chi connectivity index (χ0n) is 14.6. The van der Waals surface area contributed by atoms with Crippen LogP contribution < -0.4 is 0 Å². The van der Waals surface area contributed by atoms with Crippen LogP contribution in [0, 0.1) is 0 Å². The van der Waals surface area contributed by atoms with Gasteiger partial charge in [-0.2, -0.15) is 27.0 Å². The molecular weight excluding hydrogens is 360 g/mol. The number of cyclic esters (lactones) is 1. The first-order valence-electron chi connectivity index (χ1n) is 8.41. The van der Waals surface area contributed by atoms with Crippen molar-refractivity contribution in [1.29, 1.82) is 0 Å². The molecule has 0 saturated carbocycles. The van der Waals surface area contributed by atoms with E-state index in [-0.39, 0.29) is 56.3 Å². The molecule has 25 heavy (non-hydrogen) atoms. The van der Waals surface area contributed by atoms with Crippen molar-refractivity contribution in [3.63, 3.8) is 0 Å². The summed E-state index contributed by atoms with van der Waals surface area (Å²) in [6.45, 7) is 1.81. The maximum Gasteiger partial charge on any atom is 0.342 e. The molecule has 5 nitrogen and oxygen atoms in total. The number of fused-ring (bicyclic) bond motifs is 1. The minimum absolute atomic E-state index is 0. The topological polar surface area (TPSA) is 87.0 Å². The Kier molecular flexibility index (Phi) is 11.1. The number of phenols is 2. The van der Waals surface area contributed by atoms with Gasteiger partial charge >= 0.3 is 5.97 Å². The lowest BCUT2D eigenvalue weighted by Crippen LogP contribution is -2.18. The van der Waals surface area contributed by atoms with Gasteiger partial charge in [0.2, 0.25) is 0 Å². The number of esters is 1. The van der Waals surface area contributed by atoms with Gasteiger partial charge in [-0.1, -0.05) is 12.8 Å². The second-order valence-corrected chi connectivity index (χ2v) is 6.40. The van der Waals surface area contributed by atoms with E-state index in [0.717, 1.165) is 38.5 Å². The van der Waals surface area contributed by atoms with Crippen LogP contribution in [0.3, 0.4) is 0 Å². The number of benzene rings is 1. The summed E-state index contributed by atoms with van der Waals surface area (Å²) < 4.78 is 5.42. The molecule has 2 rings (SSSR count). The van der Waals surface area contributed by atoms with Crippen molar-refractivity contribution in [2.45, 2.75) is 70.5 Å². The first-order chi connectivity index (χ1) is 11.0. The summed E-state index contributed by atoms with van der Waals surface area (Å²) in [6, 6.07) is 2.69. The van der Waals surface area contributed by atoms with Crippen LogP contribution in [-0.2, 0) is 11.2 Å². The van der Waals surface area contributed by atoms with Crippen LogP contribution in [0.15, 0.2) is 12.1 Å². The summed E-state index contributed by atoms with van der Waals surface area (Å²) in [5, 5.41) is 29.6. The normalized spacial score (nSPS) is 22.4. The Morgan fingerprint density at radius 2 is 1.68 bits per heavy atom. The summed E-state index contributed by atoms with van der Waals surface area (Å²) in [7, 11) is 0. The first-order valence-corrected chi connectivity index (χ1v) is 8.41. The van der Waals surface area contributed by atoms with Crippen molar-refractivity contribution in [3.05, 3.63) is 23.3 Å². The van der Waals surface area contributed by atoms with Gasteiger partial charge in [-0.25, -0.2) is 4.79 Å². The summed E-state index contributed by atoms with van der Waals surface area (Å²) in [5.74, 6) is -0.846. The number of aliphatic hydroxyl groups excluding tert-OH is 1. The SMILES string of the molecule is CC1CCCC(O)CCCCCc2cc(O)cc(O)c2C(=O)O1.S.S. The third kappa shape index (κ3) is 7.38. The van der Waals surface area contributed by atoms with E-state index in [1.54, 1.807) is 0 Å². The highest BCUT2D eigenvalue weighted by Gasteiger charge is 2.21. The molecule has 7 heteroatoms. The number of aromatic hydroxyl groups is 2. The molecule has 0 amide bonds. The third-order valence-corrected chi connectivity index (χ3v) is 4.33. The van der Waals surface area contributed by atoms with Gasteiger partial charge in [-0.3, -0.25) is 0 Å². The number of aryl methyl sites for hydroxylation is 1. The number of ether oxygens (including phenoxy) is 1. The van der Waals surface area contributed by atoms with Gasteiger partial charge in [0.15, 0.2) is 0 Å². The molecule has 1 heterocycles. The van der Waals surface area contributed by atoms with Crippen molar-refractivity contribution < 1.29 is 24.9 Å². The second-order valence-electron chi connectivity index (χ2n) is 6.40. The van der Waals surface area contributed by atoms with E-state index in [0.29, 0.717) is 18.4 Å². The van der Waals surface area contributed by atoms with Crippen LogP contribution in [0.5, 0.6) is 11.5 Å². The molecule has 0 aliphatic carbocycles. The van der Waals surface area contributed by atoms with E-state index in [4.69, 9.17) is 4.74 Å². The van der Waals surface area contributed by atoms with E-state index >= 15 is 0 Å². The summed E-state index contributed by atoms with van der Waals surface area (Å²) in [4.78, 5) is 12.4. The van der Waals surface area contributed by atoms with Gasteiger partial charge in [0.25, 0.3) is 0 Å². The van der Waals surface area contributed by atoms with Crippen molar-refractivity contribution in [2.24, 2.45) is 0 Å². The van der Waals surface area contributed by atoms with E-state index in [2.05, 4.69) is 0 Å². The lowest BCUT2D eigenvalue weighted by Gasteiger charge is -2.18. The number of carbonyl (C=O) groups excluding carboxylic acids is 1. The van der Waals surface area contributed by atoms with Crippen molar-refractivity contribution >= 4 is 33.0 Å². The molecule has 0 radical (unpaired) electrons. The summed E-state index contributed by atoms with van der Waals surface area (Å²) >= 11 is 0. The molecule has 1 aliphatic rings. The summed E-state index contributed by atoms with van der Waals surface area (Å²) in [5.41, 5.74) is 0.768. The van der Waals surface area contributed by atoms with Gasteiger partial charge in [0, 0.05) is 6.07 Å². The maximum absolute atomic E-state index is 12.4. The first kappa shape index (κ1) is 23.9. The Morgan fingerprint density at radius 3 is 2.40 bits per heavy atom. The molecule has 1 aliphatic heterocycles. The Balaban J connectivity index is 0.00000288. The Labute approximate surface area is 163 Å². The van der Waals surface area contributed by atoms with Crippen molar-refractivity contribution in [1.82, 2.24) is 0 Å². The quantitative estimate of drug-likeness (QED) is 0.590. The van der Waals surface area contributed by atoms with Crippen LogP contribution in [0.4, 0.5) is 0 Å². The number of carbonyl (C=O) groups is 1. The largest absolute Gasteiger partial charge is 0.508 e. The number of rotatable bonds is 0. The number of aliphatic hydroxyl groups is 1. The van der Waals surface area contributed by atoms with E-state index in [9.17, 15) is 20.1 Å². The molecular formula is C18H30O5S2. The molecule has 1 aromatic rings. The Morgan fingerprint density at radius 1 is 1.00 bits per heavy atom. The molecule has 0 aromatic heterocycles. The molecule has 144 valence electrons. The lowest BCUT2D eigenvalue weighted by molar-refractivity contribution is 0.0305. The van der Waals surface area contributed by atoms with Gasteiger partial charge < -0.3 is 20.1 Å². The average Bonchev–Trinajstić information content (AvgIpc) is 2.45. The van der Waals surface area contributed by atoms with Gasteiger partial charge in [-0.05, 0) is 57.1 Å². The number of hydrogen-bond donors (Lipinski definition) is 3. The van der Waals surface area contributed by atoms with Crippen LogP contribution in [0.2, 0.25) is 0 Å². The number of phenolic OH excluding ortho intramolecular Hbond substituents is 2. The highest BCUT2D eigenvalue weighted by Crippen LogP contribution is 2.30. The molecule has 2 unspecified atom stereocenters. The van der Waals surface area contributed by atoms with Crippen LogP contribution in [0.1, 0.15) is 67.8 Å². The van der Waals surface area contributed by atoms with Gasteiger partial charge in [0.05, 0.1) is 12.2 Å². The van der Waals surface area contributed by atoms with Crippen LogP contribution >= 0.6 is 27.0 Å². The Hall–Kier alpha value is -1.05. The zero-order valence-corrected chi connectivity index (χ0v) is 16.6. The smallest absolute Gasteiger partial charge is 0.342 e. The number of hydrogen-bond acceptors (Lipinski definition) is 5. The molecule has 0 spiro atoms. The molecule has 0 saturated heterocycles. The van der Waals surface area contributed by atoms with Crippen molar-refractivity contribution in [3.8, 4) is 11.5 Å². The molecule has 0 bridgehead atoms. The molecule has 3 N–H and O–H groups in total. The summed E-state index contributed by atoms with van der Waals surface area (Å²) in [6.07, 6.45) is 5.67. The third-order valence-electron chi connectivity index (χ3n) is 4.33. The minimum atomic E-state index is -0.553. The van der Waals surface area contributed by atoms with E-state index < -0.39 is 5.97 Å². The highest BCUT2D eigenvalue weighted by molar-refractivity contribution is 7.59. The molecule has 0 fully saturated rings. The predicted molar refractivity (Wildman–Crippen MR) is 107 cm³/mol. The fourth-order valence-electron chi connectivity index (χ4n) is 3.06. The van der Waals surface area contributed by atoms with Crippen LogP contribution in [-0.4, -0.2) is 33.5 Å². The molecule has 1 aromatic carbocycles. The zero-order chi connectivity index (χ0) is 16.8. The Bertz CT molecular complexity index is 551. The average molecular weight is 391 g/mol. The monoisotopic (exact) mass is 390 g/mol. The fraction of sp³-hybridized carbons (Fsp3) is 0.611. The highest BCUT2D eigenvalue weighted by atomic mass is 32.1. The van der Waals surface area contributed by atoms with E-state index in [1.165, 1.54) is 12.1 Å². The predicted octanol–water partition coefficient (Wildman–Crippen LogP) is 3.52. The van der Waals surface area contributed by atoms with E-state index in [1.807, 2.05) is 6.92 Å². The van der Waals surface area contributed by atoms with Gasteiger partial charge in [0.1, 0.15) is 17.1 Å². The molecule has 2 atom stereocenters. The second kappa shape index (κ2) is 11.5. The standard InChI is InChI=1S/C18H26O5.2H2S/c1-12-6-5-9-14(19)8-4-2-3-7-13-10-15(20)11-16(21)17(13)18(22)23-12;;/h10-12,14,19-21H,2-9H2,1H3;2*1H2. The lowest BCUT2D eigenvalue weighted by atomic mass is 9.97.